The van der Waals surface area contributed by atoms with E-state index in [1.165, 1.54) is 6.07 Å². The normalized spacial score (nSPS) is 11.1. The molecule has 0 fully saturated rings. The Kier molecular flexibility index (Phi) is 6.14. The first-order chi connectivity index (χ1) is 11.9. The molecule has 3 N–H and O–H groups in total. The van der Waals surface area contributed by atoms with Crippen LogP contribution in [0.2, 0.25) is 5.02 Å². The van der Waals surface area contributed by atoms with Crippen molar-refractivity contribution < 1.29 is 14.7 Å². The van der Waals surface area contributed by atoms with E-state index in [4.69, 9.17) is 11.6 Å². The van der Waals surface area contributed by atoms with Gasteiger partial charge in [0.1, 0.15) is 5.75 Å². The summed E-state index contributed by atoms with van der Waals surface area (Å²) >= 11 is 5.86. The van der Waals surface area contributed by atoms with Gasteiger partial charge in [0, 0.05) is 16.4 Å². The Morgan fingerprint density at radius 1 is 1.20 bits per heavy atom. The van der Waals surface area contributed by atoms with Gasteiger partial charge in [0.15, 0.2) is 0 Å². The fourth-order valence-electron chi connectivity index (χ4n) is 2.09. The van der Waals surface area contributed by atoms with Gasteiger partial charge in [-0.05, 0) is 43.7 Å². The van der Waals surface area contributed by atoms with Crippen LogP contribution in [0.3, 0.4) is 0 Å². The van der Waals surface area contributed by atoms with Crippen molar-refractivity contribution in [3.63, 3.8) is 0 Å². The number of phenols is 1. The lowest BCUT2D eigenvalue weighted by atomic mass is 10.1. The molecule has 0 aliphatic carbocycles. The van der Waals surface area contributed by atoms with Gasteiger partial charge in [0.25, 0.3) is 5.91 Å². The van der Waals surface area contributed by atoms with Crippen molar-refractivity contribution in [1.82, 2.24) is 5.43 Å². The van der Waals surface area contributed by atoms with E-state index in [1.54, 1.807) is 50.2 Å². The summed E-state index contributed by atoms with van der Waals surface area (Å²) in [5.74, 6) is -0.918. The van der Waals surface area contributed by atoms with Crippen molar-refractivity contribution >= 4 is 34.8 Å². The number of nitrogens with one attached hydrogen (secondary N) is 2. The molecule has 0 atom stereocenters. The number of hydrogen-bond acceptors (Lipinski definition) is 4. The van der Waals surface area contributed by atoms with Gasteiger partial charge in [-0.2, -0.15) is 5.10 Å². The van der Waals surface area contributed by atoms with Crippen LogP contribution in [-0.2, 0) is 4.79 Å². The third-order valence-electron chi connectivity index (χ3n) is 3.36. The predicted molar refractivity (Wildman–Crippen MR) is 98.1 cm³/mol. The molecule has 6 nitrogen and oxygen atoms in total. The van der Waals surface area contributed by atoms with Crippen LogP contribution in [0, 0.1) is 6.92 Å². The number of anilines is 1. The maximum Gasteiger partial charge on any atom is 0.275 e. The van der Waals surface area contributed by atoms with Gasteiger partial charge in [0.2, 0.25) is 5.91 Å². The minimum Gasteiger partial charge on any atom is -0.507 e. The molecule has 0 heterocycles. The predicted octanol–water partition coefficient (Wildman–Crippen LogP) is 3.49. The van der Waals surface area contributed by atoms with E-state index in [1.807, 2.05) is 0 Å². The highest BCUT2D eigenvalue weighted by molar-refractivity contribution is 6.30. The van der Waals surface area contributed by atoms with Crippen molar-refractivity contribution in [2.75, 3.05) is 5.32 Å². The van der Waals surface area contributed by atoms with Crippen molar-refractivity contribution in [3.05, 3.63) is 58.6 Å². The zero-order valence-corrected chi connectivity index (χ0v) is 14.6. The van der Waals surface area contributed by atoms with Gasteiger partial charge in [-0.25, -0.2) is 5.43 Å². The molecule has 0 unspecified atom stereocenters. The first-order valence-corrected chi connectivity index (χ1v) is 7.92. The molecule has 0 aliphatic heterocycles. The number of halogens is 1. The number of hydrogen-bond donors (Lipinski definition) is 3. The standard InChI is InChI=1S/C18H18ClN3O3/c1-11-5-3-8-15(17(11)24)18(25)22-21-12(2)9-16(23)20-14-7-4-6-13(19)10-14/h3-8,10,24H,9H2,1-2H3,(H,20,23)(H,22,25)/b21-12+. The first-order valence-electron chi connectivity index (χ1n) is 7.54. The van der Waals surface area contributed by atoms with Crippen LogP contribution in [0.1, 0.15) is 29.3 Å². The average Bonchev–Trinajstić information content (AvgIpc) is 2.55. The van der Waals surface area contributed by atoms with Crippen molar-refractivity contribution in [3.8, 4) is 5.75 Å². The fourth-order valence-corrected chi connectivity index (χ4v) is 2.28. The Balaban J connectivity index is 1.93. The van der Waals surface area contributed by atoms with Gasteiger partial charge >= 0.3 is 0 Å². The Hall–Kier alpha value is -2.86. The third kappa shape index (κ3) is 5.32. The molecule has 0 spiro atoms. The number of amides is 2. The van der Waals surface area contributed by atoms with E-state index in [0.717, 1.165) is 0 Å². The minimum atomic E-state index is -0.546. The second-order valence-corrected chi connectivity index (χ2v) is 5.93. The van der Waals surface area contributed by atoms with Crippen molar-refractivity contribution in [2.45, 2.75) is 20.3 Å². The van der Waals surface area contributed by atoms with Crippen molar-refractivity contribution in [2.24, 2.45) is 5.10 Å². The number of aromatic hydroxyl groups is 1. The summed E-state index contributed by atoms with van der Waals surface area (Å²) in [6.07, 6.45) is 0.00654. The zero-order chi connectivity index (χ0) is 18.4. The number of carbonyl (C=O) groups excluding carboxylic acids is 2. The highest BCUT2D eigenvalue weighted by Crippen LogP contribution is 2.21. The van der Waals surface area contributed by atoms with Gasteiger partial charge < -0.3 is 10.4 Å². The second-order valence-electron chi connectivity index (χ2n) is 5.49. The summed E-state index contributed by atoms with van der Waals surface area (Å²) in [5.41, 5.74) is 4.05. The van der Waals surface area contributed by atoms with Crippen LogP contribution in [-0.4, -0.2) is 22.6 Å². The molecule has 7 heteroatoms. The Bertz CT molecular complexity index is 834. The van der Waals surface area contributed by atoms with Crippen LogP contribution >= 0.6 is 11.6 Å². The smallest absolute Gasteiger partial charge is 0.275 e. The van der Waals surface area contributed by atoms with Crippen LogP contribution in [0.5, 0.6) is 5.75 Å². The summed E-state index contributed by atoms with van der Waals surface area (Å²) in [5, 5.41) is 17.0. The Morgan fingerprint density at radius 3 is 2.64 bits per heavy atom. The van der Waals surface area contributed by atoms with Gasteiger partial charge in [-0.15, -0.1) is 0 Å². The maximum atomic E-state index is 12.0. The summed E-state index contributed by atoms with van der Waals surface area (Å²) < 4.78 is 0. The molecular formula is C18H18ClN3O3. The third-order valence-corrected chi connectivity index (χ3v) is 3.59. The van der Waals surface area contributed by atoms with E-state index in [0.29, 0.717) is 22.0 Å². The number of para-hydroxylation sites is 1. The molecule has 2 amide bonds. The molecule has 130 valence electrons. The molecule has 0 aliphatic rings. The minimum absolute atomic E-state index is 0.00654. The van der Waals surface area contributed by atoms with Gasteiger partial charge in [0.05, 0.1) is 12.0 Å². The van der Waals surface area contributed by atoms with E-state index in [9.17, 15) is 14.7 Å². The zero-order valence-electron chi connectivity index (χ0n) is 13.8. The average molecular weight is 360 g/mol. The number of benzene rings is 2. The monoisotopic (exact) mass is 359 g/mol. The number of hydrazone groups is 1. The van der Waals surface area contributed by atoms with Gasteiger partial charge in [-0.1, -0.05) is 29.8 Å². The topological polar surface area (TPSA) is 90.8 Å². The van der Waals surface area contributed by atoms with Gasteiger partial charge in [-0.3, -0.25) is 9.59 Å². The van der Waals surface area contributed by atoms with Crippen LogP contribution < -0.4 is 10.7 Å². The highest BCUT2D eigenvalue weighted by Gasteiger charge is 2.12. The molecule has 0 radical (unpaired) electrons. The summed E-state index contributed by atoms with van der Waals surface area (Å²) in [4.78, 5) is 24.0. The fraction of sp³-hybridized carbons (Fsp3) is 0.167. The first kappa shape index (κ1) is 18.5. The Labute approximate surface area is 150 Å². The lowest BCUT2D eigenvalue weighted by Crippen LogP contribution is -2.21. The largest absolute Gasteiger partial charge is 0.507 e. The molecule has 0 bridgehead atoms. The second kappa shape index (κ2) is 8.30. The molecular weight excluding hydrogens is 342 g/mol. The lowest BCUT2D eigenvalue weighted by Gasteiger charge is -2.07. The molecule has 0 saturated carbocycles. The molecule has 2 aromatic rings. The van der Waals surface area contributed by atoms with E-state index < -0.39 is 5.91 Å². The number of carbonyl (C=O) groups is 2. The quantitative estimate of drug-likeness (QED) is 0.563. The molecule has 0 saturated heterocycles. The molecule has 2 rings (SSSR count). The Morgan fingerprint density at radius 2 is 1.92 bits per heavy atom. The highest BCUT2D eigenvalue weighted by atomic mass is 35.5. The van der Waals surface area contributed by atoms with E-state index >= 15 is 0 Å². The SMILES string of the molecule is C/C(CC(=O)Nc1cccc(Cl)c1)=N\NC(=O)c1cccc(C)c1O. The summed E-state index contributed by atoms with van der Waals surface area (Å²) in [7, 11) is 0. The molecule has 0 aromatic heterocycles. The number of aryl methyl sites for hydroxylation is 1. The molecule has 2 aromatic carbocycles. The van der Waals surface area contributed by atoms with Crippen LogP contribution in [0.4, 0.5) is 5.69 Å². The van der Waals surface area contributed by atoms with E-state index in [-0.39, 0.29) is 23.6 Å². The maximum absolute atomic E-state index is 12.0. The van der Waals surface area contributed by atoms with E-state index in [2.05, 4.69) is 15.8 Å². The number of rotatable bonds is 5. The number of nitrogens with zero attached hydrogens (tertiary/aromatic N) is 1. The van der Waals surface area contributed by atoms with Crippen LogP contribution in [0.25, 0.3) is 0 Å². The lowest BCUT2D eigenvalue weighted by molar-refractivity contribution is -0.115. The summed E-state index contributed by atoms with van der Waals surface area (Å²) in [6, 6.07) is 11.6. The van der Waals surface area contributed by atoms with Crippen molar-refractivity contribution in [1.29, 1.82) is 0 Å². The molecule has 25 heavy (non-hydrogen) atoms. The summed E-state index contributed by atoms with van der Waals surface area (Å²) in [6.45, 7) is 3.31. The number of phenolic OH excluding ortho intramolecular Hbond substituents is 1. The van der Waals surface area contributed by atoms with Crippen LogP contribution in [0.15, 0.2) is 47.6 Å².